The third kappa shape index (κ3) is 6.86. The molecule has 0 aliphatic heterocycles. The highest BCUT2D eigenvalue weighted by atomic mass is 32.2. The molecule has 5 nitrogen and oxygen atoms in total. The predicted octanol–water partition coefficient (Wildman–Crippen LogP) is 8.39. The Bertz CT molecular complexity index is 1590. The summed E-state index contributed by atoms with van der Waals surface area (Å²) in [5, 5.41) is 7.80. The predicted molar refractivity (Wildman–Crippen MR) is 160 cm³/mol. The second-order valence-electron chi connectivity index (χ2n) is 8.99. The number of rotatable bonds is 9. The van der Waals surface area contributed by atoms with Crippen LogP contribution in [-0.4, -0.2) is 17.1 Å². The van der Waals surface area contributed by atoms with Crippen molar-refractivity contribution in [2.45, 2.75) is 23.5 Å². The number of carbonyl (C=O) groups excluding carboxylic acids is 2. The zero-order chi connectivity index (χ0) is 27.0. The van der Waals surface area contributed by atoms with Gasteiger partial charge in [0.2, 0.25) is 5.91 Å². The lowest BCUT2D eigenvalue weighted by molar-refractivity contribution is -0.115. The lowest BCUT2D eigenvalue weighted by Gasteiger charge is -2.16. The Labute approximate surface area is 232 Å². The number of nitrogens with one attached hydrogen (secondary N) is 2. The summed E-state index contributed by atoms with van der Waals surface area (Å²) in [6.45, 7) is 1.99. The summed E-state index contributed by atoms with van der Waals surface area (Å²) in [6.07, 6.45) is 0.652. The maximum Gasteiger partial charge on any atom is 0.255 e. The molecule has 0 aliphatic carbocycles. The summed E-state index contributed by atoms with van der Waals surface area (Å²) in [7, 11) is 0. The van der Waals surface area contributed by atoms with Crippen LogP contribution in [0.1, 0.15) is 23.7 Å². The van der Waals surface area contributed by atoms with Gasteiger partial charge in [-0.25, -0.2) is 0 Å². The molecule has 39 heavy (non-hydrogen) atoms. The van der Waals surface area contributed by atoms with E-state index in [-0.39, 0.29) is 17.1 Å². The molecule has 0 radical (unpaired) electrons. The fourth-order valence-electron chi connectivity index (χ4n) is 4.12. The van der Waals surface area contributed by atoms with Crippen molar-refractivity contribution in [3.8, 4) is 11.5 Å². The molecule has 0 aromatic heterocycles. The monoisotopic (exact) mass is 532 g/mol. The molecular formula is C33H28N2O3S. The van der Waals surface area contributed by atoms with Gasteiger partial charge in [0.1, 0.15) is 11.5 Å². The van der Waals surface area contributed by atoms with Crippen LogP contribution in [0, 0.1) is 0 Å². The Morgan fingerprint density at radius 3 is 2.18 bits per heavy atom. The van der Waals surface area contributed by atoms with E-state index in [4.69, 9.17) is 4.74 Å². The minimum atomic E-state index is -0.295. The van der Waals surface area contributed by atoms with Crippen LogP contribution in [0.25, 0.3) is 10.8 Å². The van der Waals surface area contributed by atoms with E-state index in [0.29, 0.717) is 29.1 Å². The van der Waals surface area contributed by atoms with Crippen LogP contribution < -0.4 is 15.4 Å². The first kappa shape index (κ1) is 26.1. The number of carbonyl (C=O) groups is 2. The number of benzene rings is 5. The van der Waals surface area contributed by atoms with Crippen LogP contribution >= 0.6 is 11.8 Å². The highest BCUT2D eigenvalue weighted by Gasteiger charge is 2.19. The van der Waals surface area contributed by atoms with Gasteiger partial charge in [0.25, 0.3) is 5.91 Å². The summed E-state index contributed by atoms with van der Waals surface area (Å²) < 4.78 is 5.82. The SMILES string of the molecule is CCC(Sc1cccc(NC(=O)c2ccc3ccccc3c2)c1)C(=O)Nc1ccc(Oc2ccccc2)cc1. The minimum Gasteiger partial charge on any atom is -0.457 e. The van der Waals surface area contributed by atoms with E-state index in [9.17, 15) is 9.59 Å². The molecule has 0 saturated heterocycles. The summed E-state index contributed by atoms with van der Waals surface area (Å²) in [5.74, 6) is 1.20. The quantitative estimate of drug-likeness (QED) is 0.187. The first-order chi connectivity index (χ1) is 19.1. The molecule has 5 aromatic carbocycles. The molecule has 5 aromatic rings. The standard InChI is InChI=1S/C33H28N2O3S/c1-2-31(33(37)34-26-17-19-29(20-18-26)38-28-12-4-3-5-13-28)39-30-14-8-11-27(22-30)35-32(36)25-16-15-23-9-6-7-10-24(23)21-25/h3-22,31H,2H2,1H3,(H,34,37)(H,35,36). The molecule has 0 spiro atoms. The van der Waals surface area contributed by atoms with Crippen LogP contribution in [-0.2, 0) is 4.79 Å². The number of amides is 2. The van der Waals surface area contributed by atoms with Crippen LogP contribution in [0.15, 0.2) is 126 Å². The van der Waals surface area contributed by atoms with Crippen molar-refractivity contribution in [3.05, 3.63) is 127 Å². The van der Waals surface area contributed by atoms with Gasteiger partial charge in [0.15, 0.2) is 0 Å². The van der Waals surface area contributed by atoms with Gasteiger partial charge in [0.05, 0.1) is 5.25 Å². The van der Waals surface area contributed by atoms with Crippen LogP contribution in [0.5, 0.6) is 11.5 Å². The van der Waals surface area contributed by atoms with Gasteiger partial charge in [-0.2, -0.15) is 0 Å². The van der Waals surface area contributed by atoms with E-state index >= 15 is 0 Å². The maximum atomic E-state index is 13.0. The number of anilines is 2. The molecule has 0 heterocycles. The van der Waals surface area contributed by atoms with Gasteiger partial charge in [-0.1, -0.05) is 61.5 Å². The molecule has 194 valence electrons. The molecule has 0 fully saturated rings. The lowest BCUT2D eigenvalue weighted by atomic mass is 10.1. The lowest BCUT2D eigenvalue weighted by Crippen LogP contribution is -2.24. The molecule has 0 bridgehead atoms. The zero-order valence-electron chi connectivity index (χ0n) is 21.5. The van der Waals surface area contributed by atoms with Crippen molar-refractivity contribution in [2.75, 3.05) is 10.6 Å². The third-order valence-corrected chi connectivity index (χ3v) is 7.50. The van der Waals surface area contributed by atoms with Crippen molar-refractivity contribution in [1.82, 2.24) is 0 Å². The Morgan fingerprint density at radius 2 is 1.41 bits per heavy atom. The van der Waals surface area contributed by atoms with Gasteiger partial charge >= 0.3 is 0 Å². The fourth-order valence-corrected chi connectivity index (χ4v) is 5.13. The first-order valence-electron chi connectivity index (χ1n) is 12.8. The van der Waals surface area contributed by atoms with Gasteiger partial charge in [0, 0.05) is 21.8 Å². The fraction of sp³-hybridized carbons (Fsp3) is 0.0909. The van der Waals surface area contributed by atoms with Crippen LogP contribution in [0.4, 0.5) is 11.4 Å². The van der Waals surface area contributed by atoms with Gasteiger partial charge in [-0.15, -0.1) is 11.8 Å². The van der Waals surface area contributed by atoms with Gasteiger partial charge in [-0.3, -0.25) is 9.59 Å². The van der Waals surface area contributed by atoms with E-state index in [0.717, 1.165) is 21.4 Å². The first-order valence-corrected chi connectivity index (χ1v) is 13.7. The van der Waals surface area contributed by atoms with Crippen molar-refractivity contribution in [3.63, 3.8) is 0 Å². The normalized spacial score (nSPS) is 11.5. The second kappa shape index (κ2) is 12.3. The van der Waals surface area contributed by atoms with Crippen LogP contribution in [0.3, 0.4) is 0 Å². The Kier molecular flexibility index (Phi) is 8.24. The van der Waals surface area contributed by atoms with E-state index in [1.807, 2.05) is 128 Å². The van der Waals surface area contributed by atoms with Crippen LogP contribution in [0.2, 0.25) is 0 Å². The average molecular weight is 533 g/mol. The molecular weight excluding hydrogens is 504 g/mol. The summed E-state index contributed by atoms with van der Waals surface area (Å²) in [6, 6.07) is 38.1. The molecule has 1 unspecified atom stereocenters. The molecule has 2 amide bonds. The van der Waals surface area contributed by atoms with Gasteiger partial charge < -0.3 is 15.4 Å². The van der Waals surface area contributed by atoms with E-state index in [1.165, 1.54) is 11.8 Å². The highest BCUT2D eigenvalue weighted by Crippen LogP contribution is 2.29. The molecule has 0 aliphatic rings. The van der Waals surface area contributed by atoms with E-state index in [1.54, 1.807) is 0 Å². The second-order valence-corrected chi connectivity index (χ2v) is 10.3. The summed E-state index contributed by atoms with van der Waals surface area (Å²) in [5.41, 5.74) is 1.98. The Morgan fingerprint density at radius 1 is 0.692 bits per heavy atom. The number of fused-ring (bicyclic) bond motifs is 1. The number of hydrogen-bond donors (Lipinski definition) is 2. The smallest absolute Gasteiger partial charge is 0.255 e. The highest BCUT2D eigenvalue weighted by molar-refractivity contribution is 8.00. The van der Waals surface area contributed by atoms with Gasteiger partial charge in [-0.05, 0) is 83.9 Å². The molecule has 6 heteroatoms. The number of para-hydroxylation sites is 1. The van der Waals surface area contributed by atoms with E-state index in [2.05, 4.69) is 10.6 Å². The van der Waals surface area contributed by atoms with Crippen molar-refractivity contribution < 1.29 is 14.3 Å². The molecule has 5 rings (SSSR count). The summed E-state index contributed by atoms with van der Waals surface area (Å²) in [4.78, 5) is 26.8. The van der Waals surface area contributed by atoms with Crippen molar-refractivity contribution in [1.29, 1.82) is 0 Å². The molecule has 2 N–H and O–H groups in total. The molecule has 0 saturated carbocycles. The largest absolute Gasteiger partial charge is 0.457 e. The molecule has 1 atom stereocenters. The summed E-state index contributed by atoms with van der Waals surface area (Å²) >= 11 is 1.47. The Balaban J connectivity index is 1.20. The number of ether oxygens (including phenoxy) is 1. The zero-order valence-corrected chi connectivity index (χ0v) is 22.3. The topological polar surface area (TPSA) is 67.4 Å². The number of thioether (sulfide) groups is 1. The Hall–Kier alpha value is -4.55. The minimum absolute atomic E-state index is 0.0789. The maximum absolute atomic E-state index is 13.0. The third-order valence-electron chi connectivity index (χ3n) is 6.15. The van der Waals surface area contributed by atoms with E-state index < -0.39 is 0 Å². The average Bonchev–Trinajstić information content (AvgIpc) is 2.97. The van der Waals surface area contributed by atoms with Crippen molar-refractivity contribution in [2.24, 2.45) is 0 Å². The van der Waals surface area contributed by atoms with Crippen molar-refractivity contribution >= 4 is 45.7 Å². The number of hydrogen-bond acceptors (Lipinski definition) is 4.